The Bertz CT molecular complexity index is 827. The predicted molar refractivity (Wildman–Crippen MR) is 88.7 cm³/mol. The van der Waals surface area contributed by atoms with Crippen molar-refractivity contribution >= 4 is 29.5 Å². The number of nitrogens with one attached hydrogen (secondary N) is 2. The van der Waals surface area contributed by atoms with Crippen LogP contribution in [0.1, 0.15) is 5.56 Å². The minimum absolute atomic E-state index is 0.211. The highest BCUT2D eigenvalue weighted by Crippen LogP contribution is 2.14. The Morgan fingerprint density at radius 3 is 2.61 bits per heavy atom. The van der Waals surface area contributed by atoms with Gasteiger partial charge in [0.15, 0.2) is 5.82 Å². The molecule has 0 fully saturated rings. The molecule has 0 saturated carbocycles. The fourth-order valence-electron chi connectivity index (χ4n) is 1.85. The van der Waals surface area contributed by atoms with Crippen LogP contribution in [0, 0.1) is 0 Å². The largest absolute Gasteiger partial charge is 0.290 e. The molecule has 2 aromatic heterocycles. The third kappa shape index (κ3) is 4.02. The molecule has 1 amide bonds. The zero-order valence-electron chi connectivity index (χ0n) is 11.9. The molecule has 0 radical (unpaired) electrons. The summed E-state index contributed by atoms with van der Waals surface area (Å²) in [7, 11) is 0. The van der Waals surface area contributed by atoms with Crippen LogP contribution in [0.2, 0.25) is 5.02 Å². The summed E-state index contributed by atoms with van der Waals surface area (Å²) in [5, 5.41) is 9.97. The Morgan fingerprint density at radius 1 is 1.13 bits per heavy atom. The number of aromatic nitrogens is 4. The van der Waals surface area contributed by atoms with E-state index in [2.05, 4.69) is 25.5 Å². The zero-order chi connectivity index (χ0) is 16.1. The Balaban J connectivity index is 1.64. The molecule has 2 N–H and O–H groups in total. The van der Waals surface area contributed by atoms with Crippen molar-refractivity contribution < 1.29 is 4.79 Å². The van der Waals surface area contributed by atoms with Gasteiger partial charge in [0, 0.05) is 29.1 Å². The molecule has 114 valence electrons. The molecule has 0 saturated heterocycles. The number of pyridine rings is 1. The summed E-state index contributed by atoms with van der Waals surface area (Å²) in [6, 6.07) is 10.8. The smallest absolute Gasteiger partial charge is 0.250 e. The van der Waals surface area contributed by atoms with Crippen LogP contribution >= 0.6 is 11.6 Å². The molecule has 0 aliphatic carbocycles. The number of hydrogen-bond acceptors (Lipinski definition) is 4. The molecule has 2 heterocycles. The molecule has 0 spiro atoms. The van der Waals surface area contributed by atoms with Crippen molar-refractivity contribution in [3.8, 4) is 11.4 Å². The second-order valence-electron chi connectivity index (χ2n) is 4.62. The maximum absolute atomic E-state index is 11.9. The van der Waals surface area contributed by atoms with Crippen LogP contribution in [-0.4, -0.2) is 26.1 Å². The van der Waals surface area contributed by atoms with Crippen LogP contribution in [0.25, 0.3) is 17.5 Å². The second kappa shape index (κ2) is 6.85. The third-order valence-corrected chi connectivity index (χ3v) is 3.22. The molecule has 0 aliphatic rings. The van der Waals surface area contributed by atoms with Crippen molar-refractivity contribution in [2.24, 2.45) is 0 Å². The van der Waals surface area contributed by atoms with E-state index < -0.39 is 0 Å². The van der Waals surface area contributed by atoms with Crippen molar-refractivity contribution in [1.29, 1.82) is 0 Å². The average Bonchev–Trinajstić information content (AvgIpc) is 3.04. The molecule has 7 heteroatoms. The van der Waals surface area contributed by atoms with Gasteiger partial charge in [0.1, 0.15) is 0 Å². The van der Waals surface area contributed by atoms with Crippen molar-refractivity contribution in [2.45, 2.75) is 0 Å². The molecule has 0 aliphatic heterocycles. The molecule has 6 nitrogen and oxygen atoms in total. The highest BCUT2D eigenvalue weighted by molar-refractivity contribution is 6.30. The fraction of sp³-hybridized carbons (Fsp3) is 0. The summed E-state index contributed by atoms with van der Waals surface area (Å²) < 4.78 is 0. The molecule has 3 aromatic rings. The number of benzene rings is 1. The first-order valence-corrected chi connectivity index (χ1v) is 7.16. The first-order valence-electron chi connectivity index (χ1n) is 6.78. The molecular formula is C16H12ClN5O. The third-order valence-electron chi connectivity index (χ3n) is 2.97. The molecule has 0 unspecified atom stereocenters. The van der Waals surface area contributed by atoms with Gasteiger partial charge in [0.2, 0.25) is 5.95 Å². The minimum atomic E-state index is -0.319. The van der Waals surface area contributed by atoms with Gasteiger partial charge >= 0.3 is 0 Å². The van der Waals surface area contributed by atoms with Crippen LogP contribution in [-0.2, 0) is 4.79 Å². The first kappa shape index (κ1) is 14.9. The molecule has 1 aromatic carbocycles. The number of H-pyrrole nitrogens is 1. The van der Waals surface area contributed by atoms with E-state index in [1.165, 1.54) is 6.08 Å². The van der Waals surface area contributed by atoms with E-state index in [1.807, 2.05) is 12.1 Å². The number of nitrogens with zero attached hydrogens (tertiary/aromatic N) is 3. The molecule has 23 heavy (non-hydrogen) atoms. The summed E-state index contributed by atoms with van der Waals surface area (Å²) in [6.07, 6.45) is 6.41. The van der Waals surface area contributed by atoms with Gasteiger partial charge < -0.3 is 0 Å². The normalized spacial score (nSPS) is 10.8. The maximum Gasteiger partial charge on any atom is 0.250 e. The van der Waals surface area contributed by atoms with Gasteiger partial charge in [0.25, 0.3) is 5.91 Å². The Hall–Kier alpha value is -2.99. The zero-order valence-corrected chi connectivity index (χ0v) is 12.7. The SMILES string of the molecule is O=C(C=Cc1ccc(Cl)cc1)Nc1n[nH]c(-c2ccncc2)n1. The van der Waals surface area contributed by atoms with Crippen LogP contribution in [0.3, 0.4) is 0 Å². The van der Waals surface area contributed by atoms with Gasteiger partial charge in [-0.3, -0.25) is 20.2 Å². The maximum atomic E-state index is 11.9. The van der Waals surface area contributed by atoms with Crippen molar-refractivity contribution in [1.82, 2.24) is 20.2 Å². The van der Waals surface area contributed by atoms with Gasteiger partial charge in [-0.1, -0.05) is 23.7 Å². The van der Waals surface area contributed by atoms with E-state index in [-0.39, 0.29) is 11.9 Å². The molecular weight excluding hydrogens is 314 g/mol. The quantitative estimate of drug-likeness (QED) is 0.722. The number of amides is 1. The number of anilines is 1. The lowest BCUT2D eigenvalue weighted by atomic mass is 10.2. The number of hydrogen-bond donors (Lipinski definition) is 2. The standard InChI is InChI=1S/C16H12ClN5O/c17-13-4-1-11(2-5-13)3-6-14(23)19-16-20-15(21-22-16)12-7-9-18-10-8-12/h1-10H,(H2,19,20,21,22,23). The Kier molecular flexibility index (Phi) is 4.44. The topological polar surface area (TPSA) is 83.6 Å². The van der Waals surface area contributed by atoms with Crippen molar-refractivity contribution in [3.63, 3.8) is 0 Å². The van der Waals surface area contributed by atoms with Gasteiger partial charge in [-0.25, -0.2) is 0 Å². The van der Waals surface area contributed by atoms with Crippen LogP contribution in [0.15, 0.2) is 54.9 Å². The van der Waals surface area contributed by atoms with E-state index in [0.29, 0.717) is 10.8 Å². The number of rotatable bonds is 4. The molecule has 3 rings (SSSR count). The Morgan fingerprint density at radius 2 is 1.87 bits per heavy atom. The van der Waals surface area contributed by atoms with E-state index >= 15 is 0 Å². The lowest BCUT2D eigenvalue weighted by molar-refractivity contribution is -0.111. The minimum Gasteiger partial charge on any atom is -0.290 e. The summed E-state index contributed by atoms with van der Waals surface area (Å²) in [5.41, 5.74) is 1.71. The first-order chi connectivity index (χ1) is 11.2. The van der Waals surface area contributed by atoms with Gasteiger partial charge in [0.05, 0.1) is 0 Å². The monoisotopic (exact) mass is 325 g/mol. The summed E-state index contributed by atoms with van der Waals surface area (Å²) in [5.74, 6) is 0.451. The molecule has 0 atom stereocenters. The molecule has 0 bridgehead atoms. The van der Waals surface area contributed by atoms with Gasteiger partial charge in [-0.05, 0) is 35.9 Å². The highest BCUT2D eigenvalue weighted by atomic mass is 35.5. The van der Waals surface area contributed by atoms with E-state index in [0.717, 1.165) is 11.1 Å². The van der Waals surface area contributed by atoms with Crippen molar-refractivity contribution in [2.75, 3.05) is 5.32 Å². The number of carbonyl (C=O) groups is 1. The van der Waals surface area contributed by atoms with Crippen LogP contribution in [0.4, 0.5) is 5.95 Å². The van der Waals surface area contributed by atoms with Gasteiger partial charge in [-0.2, -0.15) is 4.98 Å². The van der Waals surface area contributed by atoms with Gasteiger partial charge in [-0.15, -0.1) is 5.10 Å². The average molecular weight is 326 g/mol. The lowest BCUT2D eigenvalue weighted by Crippen LogP contribution is -2.09. The number of halogens is 1. The summed E-state index contributed by atoms with van der Waals surface area (Å²) in [4.78, 5) is 20.0. The van der Waals surface area contributed by atoms with Crippen LogP contribution in [0.5, 0.6) is 0 Å². The number of carbonyl (C=O) groups excluding carboxylic acids is 1. The van der Waals surface area contributed by atoms with E-state index in [4.69, 9.17) is 11.6 Å². The summed E-state index contributed by atoms with van der Waals surface area (Å²) in [6.45, 7) is 0. The van der Waals surface area contributed by atoms with E-state index in [9.17, 15) is 4.79 Å². The second-order valence-corrected chi connectivity index (χ2v) is 5.05. The predicted octanol–water partition coefficient (Wildman–Crippen LogP) is 3.17. The Labute approximate surface area is 137 Å². The fourth-order valence-corrected chi connectivity index (χ4v) is 1.98. The van der Waals surface area contributed by atoms with E-state index in [1.54, 1.807) is 42.7 Å². The highest BCUT2D eigenvalue weighted by Gasteiger charge is 2.06. The summed E-state index contributed by atoms with van der Waals surface area (Å²) >= 11 is 5.81. The lowest BCUT2D eigenvalue weighted by Gasteiger charge is -1.96. The number of aromatic amines is 1. The van der Waals surface area contributed by atoms with Crippen molar-refractivity contribution in [3.05, 3.63) is 65.5 Å². The van der Waals surface area contributed by atoms with Crippen LogP contribution < -0.4 is 5.32 Å².